The highest BCUT2D eigenvalue weighted by atomic mass is 31.2. The molecule has 116 valence electrons. The zero-order valence-electron chi connectivity index (χ0n) is 11.4. The summed E-state index contributed by atoms with van der Waals surface area (Å²) in [6, 6.07) is 0. The number of imidazole rings is 1. The summed E-state index contributed by atoms with van der Waals surface area (Å²) in [6.45, 7) is 3.43. The molecule has 0 spiro atoms. The first kappa shape index (κ1) is 15.6. The van der Waals surface area contributed by atoms with Gasteiger partial charge in [0.25, 0.3) is 5.56 Å². The molecule has 4 N–H and O–H groups in total. The fourth-order valence-electron chi connectivity index (χ4n) is 1.80. The SMILES string of the molecule is CC(C)(Cn1cnc2c(=O)[nH]c(N)nc21)OCP(=O)([O-])O. The van der Waals surface area contributed by atoms with Gasteiger partial charge >= 0.3 is 0 Å². The fourth-order valence-corrected chi connectivity index (χ4v) is 2.31. The number of nitrogen functional groups attached to an aromatic ring is 1. The van der Waals surface area contributed by atoms with E-state index >= 15 is 0 Å². The van der Waals surface area contributed by atoms with Gasteiger partial charge in [0.1, 0.15) is 6.35 Å². The second-order valence-corrected chi connectivity index (χ2v) is 6.70. The van der Waals surface area contributed by atoms with E-state index in [4.69, 9.17) is 15.4 Å². The van der Waals surface area contributed by atoms with Gasteiger partial charge in [0.05, 0.1) is 18.5 Å². The second kappa shape index (κ2) is 5.23. The number of nitrogens with zero attached hydrogens (tertiary/aromatic N) is 3. The third-order valence-electron chi connectivity index (χ3n) is 2.66. The second-order valence-electron chi connectivity index (χ2n) is 5.17. The minimum absolute atomic E-state index is 0.0487. The van der Waals surface area contributed by atoms with Crippen LogP contribution in [0.3, 0.4) is 0 Å². The van der Waals surface area contributed by atoms with Gasteiger partial charge < -0.3 is 29.4 Å². The predicted molar refractivity (Wildman–Crippen MR) is 72.4 cm³/mol. The van der Waals surface area contributed by atoms with Gasteiger partial charge in [-0.05, 0) is 13.8 Å². The Balaban J connectivity index is 2.27. The zero-order chi connectivity index (χ0) is 15.8. The molecule has 0 aliphatic rings. The van der Waals surface area contributed by atoms with Crippen LogP contribution in [0.5, 0.6) is 0 Å². The molecule has 2 aromatic heterocycles. The Morgan fingerprint density at radius 2 is 2.29 bits per heavy atom. The van der Waals surface area contributed by atoms with E-state index in [-0.39, 0.29) is 23.7 Å². The summed E-state index contributed by atoms with van der Waals surface area (Å²) in [5, 5.41) is 0. The van der Waals surface area contributed by atoms with Crippen LogP contribution in [-0.4, -0.2) is 36.4 Å². The van der Waals surface area contributed by atoms with E-state index in [1.807, 2.05) is 0 Å². The number of rotatable bonds is 5. The molecule has 2 heterocycles. The lowest BCUT2D eigenvalue weighted by Crippen LogP contribution is -2.31. The van der Waals surface area contributed by atoms with E-state index in [1.54, 1.807) is 13.8 Å². The van der Waals surface area contributed by atoms with Crippen LogP contribution in [0.25, 0.3) is 11.2 Å². The lowest BCUT2D eigenvalue weighted by molar-refractivity contribution is -0.202. The van der Waals surface area contributed by atoms with Crippen LogP contribution in [0.15, 0.2) is 11.1 Å². The summed E-state index contributed by atoms with van der Waals surface area (Å²) in [7, 11) is -4.50. The van der Waals surface area contributed by atoms with Crippen LogP contribution in [0, 0.1) is 0 Å². The molecule has 0 bridgehead atoms. The van der Waals surface area contributed by atoms with E-state index in [1.165, 1.54) is 10.9 Å². The summed E-state index contributed by atoms with van der Waals surface area (Å²) in [4.78, 5) is 41.4. The maximum atomic E-state index is 11.6. The van der Waals surface area contributed by atoms with Crippen molar-refractivity contribution in [2.75, 3.05) is 12.1 Å². The Morgan fingerprint density at radius 1 is 1.62 bits per heavy atom. The van der Waals surface area contributed by atoms with Crippen molar-refractivity contribution < 1.29 is 19.1 Å². The summed E-state index contributed by atoms with van der Waals surface area (Å²) in [6.07, 6.45) is 0.579. The number of hydrogen-bond donors (Lipinski definition) is 3. The van der Waals surface area contributed by atoms with Gasteiger partial charge in [-0.1, -0.05) is 0 Å². The molecule has 10 nitrogen and oxygen atoms in total. The van der Waals surface area contributed by atoms with Crippen LogP contribution < -0.4 is 16.2 Å². The van der Waals surface area contributed by atoms with Crippen molar-refractivity contribution >= 4 is 24.7 Å². The number of anilines is 1. The molecule has 11 heteroatoms. The third kappa shape index (κ3) is 3.88. The van der Waals surface area contributed by atoms with Crippen molar-refractivity contribution in [1.82, 2.24) is 19.5 Å². The van der Waals surface area contributed by atoms with Crippen molar-refractivity contribution in [3.05, 3.63) is 16.7 Å². The maximum Gasteiger partial charge on any atom is 0.280 e. The van der Waals surface area contributed by atoms with E-state index < -0.39 is 25.1 Å². The van der Waals surface area contributed by atoms with E-state index in [0.29, 0.717) is 0 Å². The van der Waals surface area contributed by atoms with Crippen LogP contribution in [0.4, 0.5) is 5.95 Å². The van der Waals surface area contributed by atoms with Crippen molar-refractivity contribution in [2.24, 2.45) is 0 Å². The molecule has 0 aromatic carbocycles. The molecule has 0 aliphatic heterocycles. The molecule has 0 saturated carbocycles. The maximum absolute atomic E-state index is 11.6. The standard InChI is InChI=1S/C10H16N5O5P/c1-10(2,20-5-21(17,18)19)3-15-4-12-6-7(15)13-9(11)14-8(6)16/h4H,3,5H2,1-2H3,(H2,17,18,19)(H3,11,13,14,16)/p-1. The largest absolute Gasteiger partial charge is 0.777 e. The number of aromatic nitrogens is 4. The van der Waals surface area contributed by atoms with Crippen LogP contribution in [0.2, 0.25) is 0 Å². The van der Waals surface area contributed by atoms with Crippen molar-refractivity contribution in [3.63, 3.8) is 0 Å². The predicted octanol–water partition coefficient (Wildman–Crippen LogP) is -1.000. The first-order valence-electron chi connectivity index (χ1n) is 5.95. The molecule has 0 aliphatic carbocycles. The highest BCUT2D eigenvalue weighted by Gasteiger charge is 2.23. The molecule has 1 unspecified atom stereocenters. The van der Waals surface area contributed by atoms with Gasteiger partial charge in [0.2, 0.25) is 5.95 Å². The van der Waals surface area contributed by atoms with Gasteiger partial charge in [0, 0.05) is 0 Å². The molecule has 0 fully saturated rings. The zero-order valence-corrected chi connectivity index (χ0v) is 12.3. The Hall–Kier alpha value is -1.74. The number of aromatic amines is 1. The van der Waals surface area contributed by atoms with Crippen LogP contribution in [0.1, 0.15) is 13.8 Å². The molecule has 1 atom stereocenters. The molecule has 0 amide bonds. The molecule has 0 saturated heterocycles. The Bertz CT molecular complexity index is 761. The summed E-state index contributed by atoms with van der Waals surface area (Å²) >= 11 is 0. The van der Waals surface area contributed by atoms with Gasteiger partial charge in [0.15, 0.2) is 18.8 Å². The normalized spacial score (nSPS) is 15.2. The molecule has 2 rings (SSSR count). The van der Waals surface area contributed by atoms with E-state index in [2.05, 4.69) is 15.0 Å². The quantitative estimate of drug-likeness (QED) is 0.592. The average Bonchev–Trinajstić information content (AvgIpc) is 2.69. The van der Waals surface area contributed by atoms with E-state index in [9.17, 15) is 14.3 Å². The molecule has 2 aromatic rings. The van der Waals surface area contributed by atoms with Crippen molar-refractivity contribution in [1.29, 1.82) is 0 Å². The number of ether oxygens (including phenoxy) is 1. The highest BCUT2D eigenvalue weighted by Crippen LogP contribution is 2.31. The smallest absolute Gasteiger partial charge is 0.280 e. The Morgan fingerprint density at radius 3 is 2.90 bits per heavy atom. The fraction of sp³-hybridized carbons (Fsp3) is 0.500. The van der Waals surface area contributed by atoms with E-state index in [0.717, 1.165) is 0 Å². The number of fused-ring (bicyclic) bond motifs is 1. The van der Waals surface area contributed by atoms with Gasteiger partial charge in [-0.2, -0.15) is 4.98 Å². The molecular formula is C10H15N5O5P-. The summed E-state index contributed by atoms with van der Waals surface area (Å²) in [5.74, 6) is -0.0487. The lowest BCUT2D eigenvalue weighted by Gasteiger charge is -2.28. The van der Waals surface area contributed by atoms with Crippen molar-refractivity contribution in [2.45, 2.75) is 26.0 Å². The molecule has 21 heavy (non-hydrogen) atoms. The highest BCUT2D eigenvalue weighted by molar-refractivity contribution is 7.50. The number of nitrogens with two attached hydrogens (primary N) is 1. The number of nitrogens with one attached hydrogen (secondary N) is 1. The Kier molecular flexibility index (Phi) is 3.89. The van der Waals surface area contributed by atoms with Crippen LogP contribution >= 0.6 is 7.60 Å². The minimum atomic E-state index is -4.50. The topological polar surface area (TPSA) is 159 Å². The first-order valence-corrected chi connectivity index (χ1v) is 7.71. The van der Waals surface area contributed by atoms with Gasteiger partial charge in [-0.3, -0.25) is 9.78 Å². The van der Waals surface area contributed by atoms with Crippen molar-refractivity contribution in [3.8, 4) is 0 Å². The third-order valence-corrected chi connectivity index (χ3v) is 3.12. The number of H-pyrrole nitrogens is 1. The average molecular weight is 316 g/mol. The summed E-state index contributed by atoms with van der Waals surface area (Å²) < 4.78 is 17.4. The van der Waals surface area contributed by atoms with Crippen LogP contribution in [-0.2, 0) is 15.8 Å². The Labute approximate surface area is 119 Å². The lowest BCUT2D eigenvalue weighted by atomic mass is 10.1. The first-order chi connectivity index (χ1) is 9.57. The van der Waals surface area contributed by atoms with Gasteiger partial charge in [-0.15, -0.1) is 0 Å². The monoisotopic (exact) mass is 316 g/mol. The number of hydrogen-bond acceptors (Lipinski definition) is 7. The molecule has 0 radical (unpaired) electrons. The minimum Gasteiger partial charge on any atom is -0.777 e. The summed E-state index contributed by atoms with van der Waals surface area (Å²) in [5.41, 5.74) is 4.47. The van der Waals surface area contributed by atoms with Gasteiger partial charge in [-0.25, -0.2) is 4.98 Å². The molecular weight excluding hydrogens is 301 g/mol.